The smallest absolute Gasteiger partial charge is 0.113 e. The molecule has 0 saturated carbocycles. The van der Waals surface area contributed by atoms with Crippen LogP contribution in [0, 0.1) is 25.5 Å². The van der Waals surface area contributed by atoms with Crippen LogP contribution in [0.2, 0.25) is 0 Å². The number of aromatic nitrogens is 2. The summed E-state index contributed by atoms with van der Waals surface area (Å²) in [5, 5.41) is 3.85. The maximum absolute atomic E-state index is 5.06. The molecular formula is C7H7N2. The molecule has 0 saturated heterocycles. The largest absolute Gasteiger partial charge is 0.257 e. The molecule has 0 bridgehead atoms. The summed E-state index contributed by atoms with van der Waals surface area (Å²) in [7, 11) is 0. The average molecular weight is 119 g/mol. The van der Waals surface area contributed by atoms with Gasteiger partial charge in [-0.1, -0.05) is 5.92 Å². The summed E-state index contributed by atoms with van der Waals surface area (Å²) in [6.07, 6.45) is 7.76. The minimum atomic E-state index is 0.537. The lowest BCUT2D eigenvalue weighted by molar-refractivity contribution is 0.690. The van der Waals surface area contributed by atoms with E-state index in [1.54, 1.807) is 10.7 Å². The Morgan fingerprint density at radius 1 is 2.00 bits per heavy atom. The van der Waals surface area contributed by atoms with Gasteiger partial charge >= 0.3 is 0 Å². The molecule has 2 heteroatoms. The van der Waals surface area contributed by atoms with Crippen LogP contribution in [0.15, 0.2) is 6.07 Å². The molecule has 1 heterocycles. The highest BCUT2D eigenvalue weighted by molar-refractivity contribution is 4.98. The summed E-state index contributed by atoms with van der Waals surface area (Å²) in [5.41, 5.74) is 1.05. The second-order valence-electron chi connectivity index (χ2n) is 1.78. The summed E-state index contributed by atoms with van der Waals surface area (Å²) in [4.78, 5) is 0. The lowest BCUT2D eigenvalue weighted by Gasteiger charge is -1.94. The van der Waals surface area contributed by atoms with Crippen molar-refractivity contribution in [3.8, 4) is 12.3 Å². The third kappa shape index (κ3) is 1.11. The quantitative estimate of drug-likeness (QED) is 0.496. The molecule has 0 unspecified atom stereocenters. The molecule has 0 amide bonds. The van der Waals surface area contributed by atoms with Gasteiger partial charge in [0.25, 0.3) is 0 Å². The van der Waals surface area contributed by atoms with Crippen molar-refractivity contribution < 1.29 is 0 Å². The first kappa shape index (κ1) is 5.90. The Hall–Kier alpha value is -1.23. The normalized spacial score (nSPS) is 8.89. The molecule has 0 spiro atoms. The van der Waals surface area contributed by atoms with Crippen molar-refractivity contribution in [3.05, 3.63) is 18.0 Å². The van der Waals surface area contributed by atoms with Crippen LogP contribution in [0.25, 0.3) is 0 Å². The Bertz CT molecular complexity index is 229. The minimum Gasteiger partial charge on any atom is -0.257 e. The third-order valence-electron chi connectivity index (χ3n) is 1.10. The summed E-state index contributed by atoms with van der Waals surface area (Å²) in [6, 6.07) is 1.80. The van der Waals surface area contributed by atoms with Gasteiger partial charge in [-0.05, 0) is 13.0 Å². The Morgan fingerprint density at radius 3 is 3.22 bits per heavy atom. The molecule has 1 rings (SSSR count). The van der Waals surface area contributed by atoms with Crippen molar-refractivity contribution in [2.24, 2.45) is 0 Å². The summed E-state index contributed by atoms with van der Waals surface area (Å²) < 4.78 is 1.72. The maximum atomic E-state index is 5.06. The van der Waals surface area contributed by atoms with E-state index in [9.17, 15) is 0 Å². The van der Waals surface area contributed by atoms with E-state index in [1.165, 1.54) is 0 Å². The van der Waals surface area contributed by atoms with Crippen LogP contribution in [-0.4, -0.2) is 9.78 Å². The van der Waals surface area contributed by atoms with Gasteiger partial charge in [-0.2, -0.15) is 5.10 Å². The van der Waals surface area contributed by atoms with Crippen molar-refractivity contribution in [2.45, 2.75) is 13.5 Å². The molecule has 0 atom stereocenters. The molecule has 0 aliphatic heterocycles. The van der Waals surface area contributed by atoms with Crippen molar-refractivity contribution in [2.75, 3.05) is 0 Å². The first-order valence-corrected chi connectivity index (χ1v) is 2.68. The topological polar surface area (TPSA) is 17.8 Å². The Labute approximate surface area is 54.5 Å². The monoisotopic (exact) mass is 119 g/mol. The second kappa shape index (κ2) is 2.36. The van der Waals surface area contributed by atoms with Crippen LogP contribution in [-0.2, 0) is 6.54 Å². The van der Waals surface area contributed by atoms with Gasteiger partial charge in [0.05, 0.1) is 0 Å². The predicted octanol–water partition coefficient (Wildman–Crippen LogP) is 0.625. The molecule has 0 fully saturated rings. The first-order valence-electron chi connectivity index (χ1n) is 2.68. The zero-order chi connectivity index (χ0) is 6.69. The number of aryl methyl sites for hydroxylation is 1. The van der Waals surface area contributed by atoms with Crippen LogP contribution >= 0.6 is 0 Å². The van der Waals surface area contributed by atoms with E-state index in [0.29, 0.717) is 6.54 Å². The molecule has 1 aromatic heterocycles. The summed E-state index contributed by atoms with van der Waals surface area (Å²) >= 11 is 0. The van der Waals surface area contributed by atoms with Crippen molar-refractivity contribution in [1.82, 2.24) is 9.78 Å². The van der Waals surface area contributed by atoms with E-state index >= 15 is 0 Å². The predicted molar refractivity (Wildman–Crippen MR) is 34.6 cm³/mol. The molecule has 2 nitrogen and oxygen atoms in total. The van der Waals surface area contributed by atoms with Gasteiger partial charge in [0, 0.05) is 5.69 Å². The summed E-state index contributed by atoms with van der Waals surface area (Å²) in [6.45, 7) is 2.48. The number of nitrogens with zero attached hydrogens (tertiary/aromatic N) is 2. The van der Waals surface area contributed by atoms with Gasteiger partial charge in [-0.25, -0.2) is 0 Å². The molecule has 45 valence electrons. The molecule has 0 aliphatic rings. The van der Waals surface area contributed by atoms with Gasteiger partial charge in [0.1, 0.15) is 12.7 Å². The van der Waals surface area contributed by atoms with Crippen molar-refractivity contribution in [3.63, 3.8) is 0 Å². The standard InChI is InChI=1S/C7H7N2/c1-3-6-9-7(2)4-5-8-9/h1,4H,6H2,2H3. The highest BCUT2D eigenvalue weighted by Gasteiger charge is 1.91. The molecule has 1 radical (unpaired) electrons. The van der Waals surface area contributed by atoms with E-state index in [4.69, 9.17) is 6.42 Å². The van der Waals surface area contributed by atoms with Gasteiger partial charge in [-0.3, -0.25) is 4.68 Å². The zero-order valence-corrected chi connectivity index (χ0v) is 5.26. The molecular weight excluding hydrogens is 112 g/mol. The van der Waals surface area contributed by atoms with E-state index in [0.717, 1.165) is 5.69 Å². The molecule has 9 heavy (non-hydrogen) atoms. The van der Waals surface area contributed by atoms with Gasteiger partial charge in [0.15, 0.2) is 0 Å². The van der Waals surface area contributed by atoms with E-state index in [2.05, 4.69) is 17.2 Å². The minimum absolute atomic E-state index is 0.537. The second-order valence-corrected chi connectivity index (χ2v) is 1.78. The first-order chi connectivity index (χ1) is 4.34. The van der Waals surface area contributed by atoms with Crippen LogP contribution in [0.4, 0.5) is 0 Å². The fourth-order valence-corrected chi connectivity index (χ4v) is 0.592. The van der Waals surface area contributed by atoms with Crippen LogP contribution in [0.3, 0.4) is 0 Å². The zero-order valence-electron chi connectivity index (χ0n) is 5.26. The van der Waals surface area contributed by atoms with E-state index < -0.39 is 0 Å². The summed E-state index contributed by atoms with van der Waals surface area (Å²) in [5.74, 6) is 2.49. The van der Waals surface area contributed by atoms with Gasteiger partial charge in [0.2, 0.25) is 0 Å². The fraction of sp³-hybridized carbons (Fsp3) is 0.286. The number of hydrogen-bond donors (Lipinski definition) is 0. The van der Waals surface area contributed by atoms with Gasteiger partial charge in [-0.15, -0.1) is 6.42 Å². The Balaban J connectivity index is 2.84. The number of hydrogen-bond acceptors (Lipinski definition) is 1. The SMILES string of the molecule is C#CCn1n[c]cc1C. The third-order valence-corrected chi connectivity index (χ3v) is 1.10. The van der Waals surface area contributed by atoms with E-state index in [1.807, 2.05) is 6.92 Å². The molecule has 0 N–H and O–H groups in total. The van der Waals surface area contributed by atoms with Crippen molar-refractivity contribution >= 4 is 0 Å². The Kier molecular flexibility index (Phi) is 1.55. The number of rotatable bonds is 1. The lowest BCUT2D eigenvalue weighted by Crippen LogP contribution is -1.98. The number of terminal acetylenes is 1. The van der Waals surface area contributed by atoms with Gasteiger partial charge < -0.3 is 0 Å². The molecule has 1 aromatic rings. The maximum Gasteiger partial charge on any atom is 0.113 e. The Morgan fingerprint density at radius 2 is 2.78 bits per heavy atom. The van der Waals surface area contributed by atoms with Crippen molar-refractivity contribution in [1.29, 1.82) is 0 Å². The highest BCUT2D eigenvalue weighted by Crippen LogP contribution is 1.92. The average Bonchev–Trinajstić information content (AvgIpc) is 2.18. The fourth-order valence-electron chi connectivity index (χ4n) is 0.592. The van der Waals surface area contributed by atoms with Crippen LogP contribution in [0.5, 0.6) is 0 Å². The molecule has 0 aliphatic carbocycles. The van der Waals surface area contributed by atoms with Crippen LogP contribution in [0.1, 0.15) is 5.69 Å². The highest BCUT2D eigenvalue weighted by atomic mass is 15.3. The lowest BCUT2D eigenvalue weighted by atomic mass is 10.5. The van der Waals surface area contributed by atoms with Crippen LogP contribution < -0.4 is 0 Å². The molecule has 0 aromatic carbocycles. The van der Waals surface area contributed by atoms with E-state index in [-0.39, 0.29) is 0 Å².